The quantitative estimate of drug-likeness (QED) is 0.811. The number of hydrogen-bond donors (Lipinski definition) is 2. The Morgan fingerprint density at radius 2 is 1.90 bits per heavy atom. The highest BCUT2D eigenvalue weighted by atomic mass is 35.5. The molecule has 0 fully saturated rings. The Morgan fingerprint density at radius 1 is 1.30 bits per heavy atom. The van der Waals surface area contributed by atoms with Crippen LogP contribution in [0.15, 0.2) is 18.2 Å². The molecule has 2 atom stereocenters. The molecule has 116 valence electrons. The fourth-order valence-electron chi connectivity index (χ4n) is 1.77. The van der Waals surface area contributed by atoms with E-state index < -0.39 is 29.7 Å². The monoisotopic (exact) mass is 315 g/mol. The maximum absolute atomic E-state index is 13.6. The number of alkyl halides is 3. The number of nitrogens with two attached hydrogens (primary N) is 1. The lowest BCUT2D eigenvalue weighted by atomic mass is 9.97. The molecule has 0 bridgehead atoms. The highest BCUT2D eigenvalue weighted by Gasteiger charge is 2.32. The van der Waals surface area contributed by atoms with E-state index in [1.807, 2.05) is 6.92 Å². The van der Waals surface area contributed by atoms with Crippen molar-refractivity contribution in [1.82, 2.24) is 0 Å². The van der Waals surface area contributed by atoms with Gasteiger partial charge >= 0.3 is 6.18 Å². The van der Waals surface area contributed by atoms with Gasteiger partial charge in [-0.1, -0.05) is 25.8 Å². The minimum absolute atomic E-state index is 0. The van der Waals surface area contributed by atoms with Crippen molar-refractivity contribution in [2.24, 2.45) is 5.73 Å². The first-order valence-electron chi connectivity index (χ1n) is 6.07. The summed E-state index contributed by atoms with van der Waals surface area (Å²) in [7, 11) is 0. The van der Waals surface area contributed by atoms with E-state index in [2.05, 4.69) is 0 Å². The van der Waals surface area contributed by atoms with Gasteiger partial charge in [-0.15, -0.1) is 12.4 Å². The maximum atomic E-state index is 13.6. The Bertz CT molecular complexity index is 425. The first kappa shape index (κ1) is 19.1. The molecule has 0 saturated heterocycles. The first-order chi connectivity index (χ1) is 8.77. The zero-order chi connectivity index (χ0) is 14.6. The van der Waals surface area contributed by atoms with Crippen molar-refractivity contribution in [3.05, 3.63) is 35.1 Å². The van der Waals surface area contributed by atoms with E-state index in [9.17, 15) is 22.7 Å². The normalized spacial score (nSPS) is 14.6. The van der Waals surface area contributed by atoms with E-state index in [0.29, 0.717) is 12.5 Å². The van der Waals surface area contributed by atoms with E-state index in [4.69, 9.17) is 5.73 Å². The summed E-state index contributed by atoms with van der Waals surface area (Å²) in [5.41, 5.74) is 4.50. The molecule has 0 amide bonds. The Hall–Kier alpha value is -0.850. The number of aliphatic hydroxyl groups is 1. The summed E-state index contributed by atoms with van der Waals surface area (Å²) < 4.78 is 50.8. The average molecular weight is 316 g/mol. The molecule has 1 aromatic rings. The van der Waals surface area contributed by atoms with Gasteiger partial charge in [0.2, 0.25) is 0 Å². The summed E-state index contributed by atoms with van der Waals surface area (Å²) >= 11 is 0. The lowest BCUT2D eigenvalue weighted by Gasteiger charge is -2.20. The zero-order valence-corrected chi connectivity index (χ0v) is 11.8. The molecule has 3 N–H and O–H groups in total. The van der Waals surface area contributed by atoms with Crippen molar-refractivity contribution in [3.8, 4) is 0 Å². The van der Waals surface area contributed by atoms with Gasteiger partial charge in [0.1, 0.15) is 5.82 Å². The molecule has 0 aliphatic heterocycles. The minimum Gasteiger partial charge on any atom is -0.391 e. The molecule has 2 nitrogen and oxygen atoms in total. The van der Waals surface area contributed by atoms with Gasteiger partial charge in [0, 0.05) is 5.56 Å². The third-order valence-electron chi connectivity index (χ3n) is 2.95. The van der Waals surface area contributed by atoms with Crippen molar-refractivity contribution < 1.29 is 22.7 Å². The van der Waals surface area contributed by atoms with Crippen molar-refractivity contribution >= 4 is 12.4 Å². The summed E-state index contributed by atoms with van der Waals surface area (Å²) in [6.07, 6.45) is -3.61. The van der Waals surface area contributed by atoms with Crippen LogP contribution in [0.3, 0.4) is 0 Å². The highest BCUT2D eigenvalue weighted by molar-refractivity contribution is 5.85. The smallest absolute Gasteiger partial charge is 0.391 e. The van der Waals surface area contributed by atoms with Crippen LogP contribution in [0.5, 0.6) is 0 Å². The Kier molecular flexibility index (Phi) is 7.47. The van der Waals surface area contributed by atoms with Gasteiger partial charge < -0.3 is 10.8 Å². The predicted molar refractivity (Wildman–Crippen MR) is 71.1 cm³/mol. The van der Waals surface area contributed by atoms with Crippen LogP contribution in [0.4, 0.5) is 17.6 Å². The number of benzene rings is 1. The summed E-state index contributed by atoms with van der Waals surface area (Å²) in [5, 5.41) is 9.74. The van der Waals surface area contributed by atoms with Crippen molar-refractivity contribution in [3.63, 3.8) is 0 Å². The van der Waals surface area contributed by atoms with Crippen LogP contribution in [0, 0.1) is 5.82 Å². The number of rotatable bonds is 5. The van der Waals surface area contributed by atoms with Gasteiger partial charge in [-0.2, -0.15) is 13.2 Å². The molecule has 0 saturated carbocycles. The number of hydrogen-bond acceptors (Lipinski definition) is 2. The Balaban J connectivity index is 0.00000361. The standard InChI is InChI=1S/C13H17F4NO.ClH/c1-2-3-4-11(19)12(18)9-6-5-8(7-10(9)14)13(15,16)17;/h5-7,11-12,19H,2-4,18H2,1H3;1H/t11-,12+;/m0./s1. The number of unbranched alkanes of at least 4 members (excludes halogenated alkanes) is 1. The van der Waals surface area contributed by atoms with Gasteiger partial charge in [-0.3, -0.25) is 0 Å². The molecule has 7 heteroatoms. The summed E-state index contributed by atoms with van der Waals surface area (Å²) in [5.74, 6) is -1.04. The number of halogens is 5. The molecule has 0 aromatic heterocycles. The molecular weight excluding hydrogens is 298 g/mol. The molecule has 0 radical (unpaired) electrons. The second kappa shape index (κ2) is 7.81. The molecule has 1 aromatic carbocycles. The van der Waals surface area contributed by atoms with E-state index in [-0.39, 0.29) is 18.0 Å². The Morgan fingerprint density at radius 3 is 2.35 bits per heavy atom. The molecule has 0 spiro atoms. The lowest BCUT2D eigenvalue weighted by molar-refractivity contribution is -0.137. The van der Waals surface area contributed by atoms with E-state index >= 15 is 0 Å². The van der Waals surface area contributed by atoms with Crippen LogP contribution in [-0.4, -0.2) is 11.2 Å². The molecule has 1 rings (SSSR count). The first-order valence-corrected chi connectivity index (χ1v) is 6.07. The maximum Gasteiger partial charge on any atom is 0.416 e. The largest absolute Gasteiger partial charge is 0.416 e. The fourth-order valence-corrected chi connectivity index (χ4v) is 1.77. The van der Waals surface area contributed by atoms with E-state index in [0.717, 1.165) is 25.0 Å². The van der Waals surface area contributed by atoms with Crippen LogP contribution in [-0.2, 0) is 6.18 Å². The number of aliphatic hydroxyl groups excluding tert-OH is 1. The molecule has 0 heterocycles. The van der Waals surface area contributed by atoms with Crippen LogP contribution >= 0.6 is 12.4 Å². The Labute approximate surface area is 121 Å². The topological polar surface area (TPSA) is 46.2 Å². The van der Waals surface area contributed by atoms with Crippen molar-refractivity contribution in [1.29, 1.82) is 0 Å². The van der Waals surface area contributed by atoms with Crippen LogP contribution < -0.4 is 5.73 Å². The summed E-state index contributed by atoms with van der Waals surface area (Å²) in [4.78, 5) is 0. The average Bonchev–Trinajstić information content (AvgIpc) is 2.33. The highest BCUT2D eigenvalue weighted by Crippen LogP contribution is 2.31. The van der Waals surface area contributed by atoms with E-state index in [1.54, 1.807) is 0 Å². The van der Waals surface area contributed by atoms with Gasteiger partial charge in [0.15, 0.2) is 0 Å². The second-order valence-corrected chi connectivity index (χ2v) is 4.47. The van der Waals surface area contributed by atoms with Crippen LogP contribution in [0.25, 0.3) is 0 Å². The molecule has 0 unspecified atom stereocenters. The fraction of sp³-hybridized carbons (Fsp3) is 0.538. The second-order valence-electron chi connectivity index (χ2n) is 4.47. The minimum atomic E-state index is -4.59. The van der Waals surface area contributed by atoms with Gasteiger partial charge in [0.25, 0.3) is 0 Å². The van der Waals surface area contributed by atoms with Crippen LogP contribution in [0.1, 0.15) is 43.4 Å². The molecule has 0 aliphatic rings. The molecule has 0 aliphatic carbocycles. The van der Waals surface area contributed by atoms with Gasteiger partial charge in [-0.05, 0) is 18.6 Å². The van der Waals surface area contributed by atoms with Crippen LogP contribution in [0.2, 0.25) is 0 Å². The van der Waals surface area contributed by atoms with Crippen molar-refractivity contribution in [2.45, 2.75) is 44.5 Å². The van der Waals surface area contributed by atoms with Crippen molar-refractivity contribution in [2.75, 3.05) is 0 Å². The third kappa shape index (κ3) is 4.92. The molecular formula is C13H18ClF4NO. The summed E-state index contributed by atoms with van der Waals surface area (Å²) in [6, 6.07) is 1.14. The zero-order valence-electron chi connectivity index (χ0n) is 11.0. The predicted octanol–water partition coefficient (Wildman–Crippen LogP) is 3.82. The lowest BCUT2D eigenvalue weighted by Crippen LogP contribution is -2.27. The van der Waals surface area contributed by atoms with Gasteiger partial charge in [0.05, 0.1) is 17.7 Å². The molecule has 20 heavy (non-hydrogen) atoms. The third-order valence-corrected chi connectivity index (χ3v) is 2.95. The SMILES string of the molecule is CCCC[C@H](O)[C@H](N)c1ccc(C(F)(F)F)cc1F.Cl. The van der Waals surface area contributed by atoms with E-state index in [1.165, 1.54) is 0 Å². The van der Waals surface area contributed by atoms with Gasteiger partial charge in [-0.25, -0.2) is 4.39 Å². The summed E-state index contributed by atoms with van der Waals surface area (Å²) in [6.45, 7) is 1.93.